The van der Waals surface area contributed by atoms with E-state index in [4.69, 9.17) is 22.4 Å². The van der Waals surface area contributed by atoms with Gasteiger partial charge < -0.3 is 10.2 Å². The molecule has 1 aromatic heterocycles. The maximum absolute atomic E-state index is 5.77. The first-order chi connectivity index (χ1) is 6.75. The lowest BCUT2D eigenvalue weighted by atomic mass is 10.1. The van der Waals surface area contributed by atoms with E-state index in [9.17, 15) is 0 Å². The van der Waals surface area contributed by atoms with Crippen LogP contribution >= 0.6 is 12.2 Å². The Balaban J connectivity index is 2.27. The van der Waals surface area contributed by atoms with E-state index < -0.39 is 0 Å². The van der Waals surface area contributed by atoms with Crippen molar-refractivity contribution in [3.05, 3.63) is 40.6 Å². The van der Waals surface area contributed by atoms with Crippen LogP contribution in [-0.2, 0) is 6.42 Å². The average molecular weight is 207 g/mol. The van der Waals surface area contributed by atoms with E-state index >= 15 is 0 Å². The zero-order valence-corrected chi connectivity index (χ0v) is 8.17. The van der Waals surface area contributed by atoms with Crippen LogP contribution in [0.25, 0.3) is 0 Å². The highest BCUT2D eigenvalue weighted by atomic mass is 32.1. The summed E-state index contributed by atoms with van der Waals surface area (Å²) < 4.78 is 5.14. The summed E-state index contributed by atoms with van der Waals surface area (Å²) in [4.78, 5) is 0.287. The molecule has 0 atom stereocenters. The van der Waals surface area contributed by atoms with Gasteiger partial charge >= 0.3 is 0 Å². The number of nitrogens with zero attached hydrogens (tertiary/aromatic N) is 1. The zero-order chi connectivity index (χ0) is 9.97. The van der Waals surface area contributed by atoms with E-state index in [1.807, 2.05) is 24.3 Å². The van der Waals surface area contributed by atoms with Crippen molar-refractivity contribution >= 4 is 17.9 Å². The number of benzene rings is 1. The van der Waals surface area contributed by atoms with Crippen LogP contribution in [0.2, 0.25) is 0 Å². The number of hydrogen-bond donors (Lipinski definition) is 2. The van der Waals surface area contributed by atoms with Gasteiger partial charge in [0.1, 0.15) is 0 Å². The molecule has 72 valence electrons. The summed E-state index contributed by atoms with van der Waals surface area (Å²) in [6.07, 6.45) is 0.555. The fourth-order valence-corrected chi connectivity index (χ4v) is 1.34. The summed E-state index contributed by atoms with van der Waals surface area (Å²) in [7, 11) is 0. The largest absolute Gasteiger partial charge is 0.414 e. The number of aromatic amines is 1. The molecule has 4 nitrogen and oxygen atoms in total. The second-order valence-corrected chi connectivity index (χ2v) is 3.25. The van der Waals surface area contributed by atoms with Crippen LogP contribution in [0.4, 0.5) is 5.69 Å². The fourth-order valence-electron chi connectivity index (χ4n) is 1.19. The Kier molecular flexibility index (Phi) is 2.32. The number of anilines is 1. The number of aromatic nitrogens is 2. The van der Waals surface area contributed by atoms with Crippen molar-refractivity contribution in [1.29, 1.82) is 0 Å². The van der Waals surface area contributed by atoms with E-state index in [-0.39, 0.29) is 4.84 Å². The van der Waals surface area contributed by atoms with Crippen molar-refractivity contribution in [2.24, 2.45) is 0 Å². The van der Waals surface area contributed by atoms with Crippen molar-refractivity contribution in [2.75, 3.05) is 5.73 Å². The van der Waals surface area contributed by atoms with Crippen LogP contribution in [0.1, 0.15) is 11.5 Å². The van der Waals surface area contributed by atoms with Crippen molar-refractivity contribution in [3.63, 3.8) is 0 Å². The third-order valence-electron chi connectivity index (χ3n) is 1.88. The van der Waals surface area contributed by atoms with Gasteiger partial charge in [0.25, 0.3) is 4.84 Å². The molecule has 14 heavy (non-hydrogen) atoms. The van der Waals surface area contributed by atoms with E-state index in [0.717, 1.165) is 11.3 Å². The minimum Gasteiger partial charge on any atom is -0.414 e. The standard InChI is InChI=1S/C9H9N3OS/c10-7-4-2-1-3-6(7)5-8-11-12-9(14)13-8/h1-4H,5,10H2,(H,12,14). The molecule has 1 aromatic carbocycles. The van der Waals surface area contributed by atoms with Gasteiger partial charge in [0.2, 0.25) is 5.89 Å². The lowest BCUT2D eigenvalue weighted by Crippen LogP contribution is -1.95. The van der Waals surface area contributed by atoms with Gasteiger partial charge in [-0.25, -0.2) is 5.10 Å². The van der Waals surface area contributed by atoms with Gasteiger partial charge in [-0.3, -0.25) is 0 Å². The summed E-state index contributed by atoms with van der Waals surface area (Å²) in [6.45, 7) is 0. The van der Waals surface area contributed by atoms with Crippen LogP contribution < -0.4 is 5.73 Å². The Hall–Kier alpha value is -1.62. The Morgan fingerprint density at radius 1 is 1.43 bits per heavy atom. The van der Waals surface area contributed by atoms with Crippen molar-refractivity contribution in [1.82, 2.24) is 10.2 Å². The Morgan fingerprint density at radius 3 is 2.86 bits per heavy atom. The highest BCUT2D eigenvalue weighted by Gasteiger charge is 2.03. The molecular formula is C9H9N3OS. The normalized spacial score (nSPS) is 10.3. The number of nitrogen functional groups attached to an aromatic ring is 1. The maximum Gasteiger partial charge on any atom is 0.284 e. The molecule has 0 unspecified atom stereocenters. The molecule has 0 radical (unpaired) electrons. The van der Waals surface area contributed by atoms with Gasteiger partial charge in [-0.1, -0.05) is 18.2 Å². The van der Waals surface area contributed by atoms with Gasteiger partial charge in [0.15, 0.2) is 0 Å². The predicted octanol–water partition coefficient (Wildman–Crippen LogP) is 1.91. The number of hydrogen-bond acceptors (Lipinski definition) is 4. The molecule has 1 heterocycles. The van der Waals surface area contributed by atoms with Gasteiger partial charge in [-0.15, -0.1) is 5.10 Å². The first kappa shape index (κ1) is 8.96. The molecule has 0 fully saturated rings. The number of nitrogens with one attached hydrogen (secondary N) is 1. The first-order valence-electron chi connectivity index (χ1n) is 4.13. The van der Waals surface area contributed by atoms with Crippen LogP contribution in [0.5, 0.6) is 0 Å². The summed E-state index contributed by atoms with van der Waals surface area (Å²) in [6, 6.07) is 7.59. The van der Waals surface area contributed by atoms with Crippen LogP contribution in [0, 0.1) is 4.84 Å². The van der Waals surface area contributed by atoms with E-state index in [2.05, 4.69) is 10.2 Å². The Morgan fingerprint density at radius 2 is 2.21 bits per heavy atom. The molecular weight excluding hydrogens is 198 g/mol. The average Bonchev–Trinajstić information content (AvgIpc) is 2.56. The number of para-hydroxylation sites is 1. The minimum absolute atomic E-state index is 0.287. The minimum atomic E-state index is 0.287. The summed E-state index contributed by atoms with van der Waals surface area (Å²) in [5.74, 6) is 0.549. The van der Waals surface area contributed by atoms with Crippen LogP contribution in [0.15, 0.2) is 28.7 Å². The first-order valence-corrected chi connectivity index (χ1v) is 4.54. The van der Waals surface area contributed by atoms with Crippen molar-refractivity contribution < 1.29 is 4.42 Å². The third kappa shape index (κ3) is 1.82. The molecule has 0 saturated heterocycles. The molecule has 2 aromatic rings. The van der Waals surface area contributed by atoms with Gasteiger partial charge in [-0.2, -0.15) is 0 Å². The van der Waals surface area contributed by atoms with Crippen molar-refractivity contribution in [3.8, 4) is 0 Å². The zero-order valence-electron chi connectivity index (χ0n) is 7.36. The lowest BCUT2D eigenvalue weighted by molar-refractivity contribution is 0.491. The molecule has 5 heteroatoms. The maximum atomic E-state index is 5.77. The van der Waals surface area contributed by atoms with E-state index in [1.54, 1.807) is 0 Å². The van der Waals surface area contributed by atoms with Gasteiger partial charge in [0.05, 0.1) is 6.42 Å². The number of nitrogens with two attached hydrogens (primary N) is 1. The molecule has 3 N–H and O–H groups in total. The molecule has 0 aliphatic carbocycles. The lowest BCUT2D eigenvalue weighted by Gasteiger charge is -2.00. The molecule has 0 aliphatic rings. The quantitative estimate of drug-likeness (QED) is 0.583. The van der Waals surface area contributed by atoms with Gasteiger partial charge in [-0.05, 0) is 23.8 Å². The summed E-state index contributed by atoms with van der Waals surface area (Å²) in [5, 5.41) is 6.47. The van der Waals surface area contributed by atoms with E-state index in [1.165, 1.54) is 0 Å². The summed E-state index contributed by atoms with van der Waals surface area (Å²) >= 11 is 4.77. The Labute approximate surface area is 85.8 Å². The van der Waals surface area contributed by atoms with Gasteiger partial charge in [0, 0.05) is 5.69 Å². The van der Waals surface area contributed by atoms with Crippen LogP contribution in [-0.4, -0.2) is 10.2 Å². The smallest absolute Gasteiger partial charge is 0.284 e. The number of rotatable bonds is 2. The molecule has 0 saturated carbocycles. The second kappa shape index (κ2) is 3.63. The molecule has 0 bridgehead atoms. The molecule has 0 aliphatic heterocycles. The molecule has 0 spiro atoms. The van der Waals surface area contributed by atoms with Crippen LogP contribution in [0.3, 0.4) is 0 Å². The molecule has 0 amide bonds. The fraction of sp³-hybridized carbons (Fsp3) is 0.111. The SMILES string of the molecule is Nc1ccccc1Cc1n[nH]c(=S)o1. The predicted molar refractivity (Wildman–Crippen MR) is 55.3 cm³/mol. The second-order valence-electron chi connectivity index (χ2n) is 2.88. The highest BCUT2D eigenvalue weighted by Crippen LogP contribution is 2.14. The Bertz CT molecular complexity index is 489. The van der Waals surface area contributed by atoms with Crippen molar-refractivity contribution in [2.45, 2.75) is 6.42 Å². The monoisotopic (exact) mass is 207 g/mol. The van der Waals surface area contributed by atoms with E-state index in [0.29, 0.717) is 12.3 Å². The third-order valence-corrected chi connectivity index (χ3v) is 2.05. The summed E-state index contributed by atoms with van der Waals surface area (Å²) in [5.41, 5.74) is 7.49. The topological polar surface area (TPSA) is 67.8 Å². The number of H-pyrrole nitrogens is 1. The molecule has 2 rings (SSSR count). The highest BCUT2D eigenvalue weighted by molar-refractivity contribution is 7.71.